The third-order valence-electron chi connectivity index (χ3n) is 2.55. The summed E-state index contributed by atoms with van der Waals surface area (Å²) in [5.41, 5.74) is 0. The Balaban J connectivity index is 2.23. The van der Waals surface area contributed by atoms with Crippen LogP contribution in [0.5, 0.6) is 0 Å². The van der Waals surface area contributed by atoms with Gasteiger partial charge in [0.1, 0.15) is 0 Å². The van der Waals surface area contributed by atoms with Crippen molar-refractivity contribution in [3.8, 4) is 6.07 Å². The Labute approximate surface area is 77.6 Å². The van der Waals surface area contributed by atoms with E-state index in [9.17, 15) is 4.79 Å². The Kier molecular flexibility index (Phi) is 3.56. The van der Waals surface area contributed by atoms with E-state index in [0.29, 0.717) is 12.3 Å². The number of nitrogens with one attached hydrogen (secondary N) is 1. The van der Waals surface area contributed by atoms with Crippen LogP contribution >= 0.6 is 0 Å². The molecule has 0 radical (unpaired) electrons. The number of hydrogen-bond donors (Lipinski definition) is 2. The van der Waals surface area contributed by atoms with Crippen LogP contribution in [-0.2, 0) is 0 Å². The lowest BCUT2D eigenvalue weighted by atomic mass is 9.84. The first-order valence-electron chi connectivity index (χ1n) is 4.58. The van der Waals surface area contributed by atoms with E-state index in [4.69, 9.17) is 10.4 Å². The summed E-state index contributed by atoms with van der Waals surface area (Å²) in [5.74, 6) is 0.483. The fraction of sp³-hybridized carbons (Fsp3) is 0.778. The summed E-state index contributed by atoms with van der Waals surface area (Å²) in [6.45, 7) is 0. The van der Waals surface area contributed by atoms with E-state index < -0.39 is 6.09 Å². The van der Waals surface area contributed by atoms with Crippen molar-refractivity contribution in [2.45, 2.75) is 38.1 Å². The number of nitrogens with zero attached hydrogens (tertiary/aromatic N) is 1. The largest absolute Gasteiger partial charge is 0.465 e. The van der Waals surface area contributed by atoms with Gasteiger partial charge in [0.15, 0.2) is 0 Å². The van der Waals surface area contributed by atoms with Gasteiger partial charge in [-0.25, -0.2) is 4.79 Å². The molecule has 13 heavy (non-hydrogen) atoms. The normalized spacial score (nSPS) is 27.6. The van der Waals surface area contributed by atoms with Crippen LogP contribution in [0.2, 0.25) is 0 Å². The molecule has 1 fully saturated rings. The Morgan fingerprint density at radius 3 is 2.54 bits per heavy atom. The summed E-state index contributed by atoms with van der Waals surface area (Å²) in [7, 11) is 0. The van der Waals surface area contributed by atoms with Crippen LogP contribution in [0.1, 0.15) is 32.1 Å². The second kappa shape index (κ2) is 4.70. The molecule has 4 nitrogen and oxygen atoms in total. The summed E-state index contributed by atoms with van der Waals surface area (Å²) in [4.78, 5) is 10.3. The summed E-state index contributed by atoms with van der Waals surface area (Å²) in [6.07, 6.45) is 3.36. The molecule has 0 aliphatic heterocycles. The van der Waals surface area contributed by atoms with Crippen molar-refractivity contribution in [2.75, 3.05) is 0 Å². The zero-order chi connectivity index (χ0) is 9.68. The van der Waals surface area contributed by atoms with Gasteiger partial charge in [-0.2, -0.15) is 5.26 Å². The first-order valence-corrected chi connectivity index (χ1v) is 4.58. The Morgan fingerprint density at radius 1 is 1.46 bits per heavy atom. The average Bonchev–Trinajstić information content (AvgIpc) is 2.08. The van der Waals surface area contributed by atoms with Gasteiger partial charge in [0, 0.05) is 12.5 Å². The Bertz CT molecular complexity index is 214. The molecule has 0 atom stereocenters. The SMILES string of the molecule is N#CCC1CCC(NC(=O)O)CC1. The maximum atomic E-state index is 10.3. The van der Waals surface area contributed by atoms with Crippen LogP contribution < -0.4 is 5.32 Å². The molecule has 1 aliphatic carbocycles. The van der Waals surface area contributed by atoms with Crippen LogP contribution in [0.3, 0.4) is 0 Å². The minimum atomic E-state index is -0.941. The van der Waals surface area contributed by atoms with Gasteiger partial charge in [0.2, 0.25) is 0 Å². The van der Waals surface area contributed by atoms with E-state index in [2.05, 4.69) is 11.4 Å². The highest BCUT2D eigenvalue weighted by Gasteiger charge is 2.21. The van der Waals surface area contributed by atoms with Gasteiger partial charge in [-0.1, -0.05) is 0 Å². The molecule has 0 spiro atoms. The van der Waals surface area contributed by atoms with Gasteiger partial charge >= 0.3 is 6.09 Å². The molecule has 0 aromatic heterocycles. The molecular formula is C9H14N2O2. The summed E-state index contributed by atoms with van der Waals surface area (Å²) in [6, 6.07) is 2.26. The van der Waals surface area contributed by atoms with Gasteiger partial charge in [0.25, 0.3) is 0 Å². The van der Waals surface area contributed by atoms with Gasteiger partial charge in [-0.05, 0) is 31.6 Å². The molecule has 0 unspecified atom stereocenters. The predicted molar refractivity (Wildman–Crippen MR) is 47.1 cm³/mol. The second-order valence-electron chi connectivity index (χ2n) is 3.53. The fourth-order valence-electron chi connectivity index (χ4n) is 1.81. The first kappa shape index (κ1) is 9.85. The zero-order valence-electron chi connectivity index (χ0n) is 7.49. The number of nitriles is 1. The van der Waals surface area contributed by atoms with E-state index in [-0.39, 0.29) is 6.04 Å². The van der Waals surface area contributed by atoms with E-state index in [1.807, 2.05) is 0 Å². The van der Waals surface area contributed by atoms with E-state index in [1.54, 1.807) is 0 Å². The molecule has 1 amide bonds. The highest BCUT2D eigenvalue weighted by molar-refractivity contribution is 5.64. The quantitative estimate of drug-likeness (QED) is 0.683. The third-order valence-corrected chi connectivity index (χ3v) is 2.55. The van der Waals surface area contributed by atoms with Crippen LogP contribution in [0.4, 0.5) is 4.79 Å². The standard InChI is InChI=1S/C9H14N2O2/c10-6-5-7-1-3-8(4-2-7)11-9(12)13/h7-8,11H,1-5H2,(H,12,13). The molecule has 0 aromatic rings. The van der Waals surface area contributed by atoms with Gasteiger partial charge in [-0.3, -0.25) is 0 Å². The number of amides is 1. The highest BCUT2D eigenvalue weighted by Crippen LogP contribution is 2.26. The number of carbonyl (C=O) groups is 1. The van der Waals surface area contributed by atoms with Crippen LogP contribution in [0.15, 0.2) is 0 Å². The van der Waals surface area contributed by atoms with Crippen molar-refractivity contribution >= 4 is 6.09 Å². The second-order valence-corrected chi connectivity index (χ2v) is 3.53. The van der Waals surface area contributed by atoms with E-state index >= 15 is 0 Å². The molecule has 2 N–H and O–H groups in total. The van der Waals surface area contributed by atoms with Crippen LogP contribution in [0, 0.1) is 17.2 Å². The molecule has 0 aromatic carbocycles. The molecule has 1 aliphatic rings. The lowest BCUT2D eigenvalue weighted by Crippen LogP contribution is -2.36. The van der Waals surface area contributed by atoms with Crippen molar-refractivity contribution in [1.29, 1.82) is 5.26 Å². The molecular weight excluding hydrogens is 168 g/mol. The lowest BCUT2D eigenvalue weighted by Gasteiger charge is -2.26. The first-order chi connectivity index (χ1) is 6.22. The third kappa shape index (κ3) is 3.32. The minimum absolute atomic E-state index is 0.104. The van der Waals surface area contributed by atoms with Crippen molar-refractivity contribution in [1.82, 2.24) is 5.32 Å². The minimum Gasteiger partial charge on any atom is -0.465 e. The van der Waals surface area contributed by atoms with Gasteiger partial charge in [0.05, 0.1) is 6.07 Å². The van der Waals surface area contributed by atoms with Crippen molar-refractivity contribution < 1.29 is 9.90 Å². The molecule has 1 saturated carbocycles. The molecule has 4 heteroatoms. The maximum absolute atomic E-state index is 10.3. The van der Waals surface area contributed by atoms with E-state index in [0.717, 1.165) is 25.7 Å². The Hall–Kier alpha value is -1.24. The average molecular weight is 182 g/mol. The number of hydrogen-bond acceptors (Lipinski definition) is 2. The summed E-state index contributed by atoms with van der Waals surface area (Å²) >= 11 is 0. The topological polar surface area (TPSA) is 73.1 Å². The lowest BCUT2D eigenvalue weighted by molar-refractivity contribution is 0.182. The monoisotopic (exact) mass is 182 g/mol. The van der Waals surface area contributed by atoms with Crippen LogP contribution in [-0.4, -0.2) is 17.2 Å². The maximum Gasteiger partial charge on any atom is 0.404 e. The van der Waals surface area contributed by atoms with Crippen molar-refractivity contribution in [3.05, 3.63) is 0 Å². The smallest absolute Gasteiger partial charge is 0.404 e. The molecule has 0 heterocycles. The summed E-state index contributed by atoms with van der Waals surface area (Å²) < 4.78 is 0. The van der Waals surface area contributed by atoms with Gasteiger partial charge in [-0.15, -0.1) is 0 Å². The molecule has 0 saturated heterocycles. The van der Waals surface area contributed by atoms with Crippen molar-refractivity contribution in [3.63, 3.8) is 0 Å². The number of carboxylic acid groups (broad SMARTS) is 1. The zero-order valence-corrected chi connectivity index (χ0v) is 7.49. The highest BCUT2D eigenvalue weighted by atomic mass is 16.4. The van der Waals surface area contributed by atoms with Crippen LogP contribution in [0.25, 0.3) is 0 Å². The van der Waals surface area contributed by atoms with Gasteiger partial charge < -0.3 is 10.4 Å². The molecule has 0 bridgehead atoms. The number of rotatable bonds is 2. The Morgan fingerprint density at radius 2 is 2.08 bits per heavy atom. The van der Waals surface area contributed by atoms with E-state index in [1.165, 1.54) is 0 Å². The van der Waals surface area contributed by atoms with Crippen molar-refractivity contribution in [2.24, 2.45) is 5.92 Å². The summed E-state index contributed by atoms with van der Waals surface area (Å²) in [5, 5.41) is 19.4. The molecule has 1 rings (SSSR count). The predicted octanol–water partition coefficient (Wildman–Crippen LogP) is 1.73. The molecule has 72 valence electrons. The fourth-order valence-corrected chi connectivity index (χ4v) is 1.81.